The molecule has 0 radical (unpaired) electrons. The predicted octanol–water partition coefficient (Wildman–Crippen LogP) is 6.74. The molecule has 2 aromatic carbocycles. The minimum absolute atomic E-state index is 0.00773. The van der Waals surface area contributed by atoms with E-state index >= 15 is 0 Å². The number of ether oxygens (including phenoxy) is 1. The molecule has 0 unspecified atom stereocenters. The summed E-state index contributed by atoms with van der Waals surface area (Å²) in [6.07, 6.45) is -4.77. The smallest absolute Gasteiger partial charge is 0.433 e. The van der Waals surface area contributed by atoms with Crippen molar-refractivity contribution in [1.29, 1.82) is 0 Å². The summed E-state index contributed by atoms with van der Waals surface area (Å²) in [7, 11) is 0. The van der Waals surface area contributed by atoms with Gasteiger partial charge in [-0.05, 0) is 36.6 Å². The van der Waals surface area contributed by atoms with Gasteiger partial charge in [-0.2, -0.15) is 18.3 Å². The summed E-state index contributed by atoms with van der Waals surface area (Å²) >= 11 is 1.22. The van der Waals surface area contributed by atoms with E-state index in [1.165, 1.54) is 23.5 Å². The topological polar surface area (TPSA) is 112 Å². The number of anilines is 1. The molecule has 0 aliphatic rings. The summed E-state index contributed by atoms with van der Waals surface area (Å²) in [6.45, 7) is 1.89. The number of thiophene rings is 1. The van der Waals surface area contributed by atoms with Crippen molar-refractivity contribution in [2.24, 2.45) is 0 Å². The highest BCUT2D eigenvalue weighted by Gasteiger charge is 2.35. The minimum atomic E-state index is -4.77. The van der Waals surface area contributed by atoms with Crippen LogP contribution in [0.15, 0.2) is 72.1 Å². The number of amides is 1. The maximum absolute atomic E-state index is 13.8. The number of benzene rings is 2. The number of aryl methyl sites for hydroxylation is 1. The highest BCUT2D eigenvalue weighted by molar-refractivity contribution is 7.13. The Kier molecular flexibility index (Phi) is 6.28. The molecule has 1 amide bonds. The lowest BCUT2D eigenvalue weighted by Gasteiger charge is -2.10. The number of halogens is 3. The third-order valence-corrected chi connectivity index (χ3v) is 6.23. The van der Waals surface area contributed by atoms with Crippen LogP contribution in [0, 0.1) is 17.0 Å². The van der Waals surface area contributed by atoms with Gasteiger partial charge >= 0.3 is 6.18 Å². The maximum atomic E-state index is 13.8. The number of rotatable bonds is 6. The van der Waals surface area contributed by atoms with Gasteiger partial charge < -0.3 is 10.1 Å². The van der Waals surface area contributed by atoms with E-state index in [-0.39, 0.29) is 34.2 Å². The molecule has 9 nitrogen and oxygen atoms in total. The highest BCUT2D eigenvalue weighted by Crippen LogP contribution is 2.34. The van der Waals surface area contributed by atoms with Crippen molar-refractivity contribution >= 4 is 34.3 Å². The van der Waals surface area contributed by atoms with E-state index < -0.39 is 22.7 Å². The van der Waals surface area contributed by atoms with Crippen LogP contribution >= 0.6 is 11.3 Å². The molecule has 0 bridgehead atoms. The number of hydrogen-bond donors (Lipinski definition) is 1. The first kappa shape index (κ1) is 24.9. The Morgan fingerprint density at radius 3 is 2.50 bits per heavy atom. The summed E-state index contributed by atoms with van der Waals surface area (Å²) in [5.41, 5.74) is -0.942. The van der Waals surface area contributed by atoms with Crippen molar-refractivity contribution in [3.63, 3.8) is 0 Å². The van der Waals surface area contributed by atoms with Gasteiger partial charge in [0.25, 0.3) is 11.6 Å². The molecule has 0 fully saturated rings. The quantitative estimate of drug-likeness (QED) is 0.189. The number of hydrogen-bond acceptors (Lipinski definition) is 7. The Hall–Kier alpha value is -4.78. The summed E-state index contributed by atoms with van der Waals surface area (Å²) in [5.74, 6) is -0.390. The van der Waals surface area contributed by atoms with Gasteiger partial charge in [0.15, 0.2) is 17.0 Å². The molecule has 0 saturated carbocycles. The van der Waals surface area contributed by atoms with Crippen molar-refractivity contribution < 1.29 is 27.6 Å². The molecule has 38 heavy (non-hydrogen) atoms. The van der Waals surface area contributed by atoms with Crippen LogP contribution in [0.2, 0.25) is 0 Å². The summed E-state index contributed by atoms with van der Waals surface area (Å²) < 4.78 is 47.6. The molecular formula is C25H16F3N5O4S. The standard InChI is InChI=1S/C25H16F3N5O4S/c1-14-4-6-17(7-5-14)37-18-10-15(9-16(11-18)33(35)36)29-24(34)20-13-23-30-19(21-3-2-8-38-21)12-22(25(26,27)28)32(23)31-20/h2-13H,1H3,(H,29,34). The van der Waals surface area contributed by atoms with Gasteiger partial charge in [-0.1, -0.05) is 23.8 Å². The summed E-state index contributed by atoms with van der Waals surface area (Å²) in [5, 5.41) is 19.4. The first-order chi connectivity index (χ1) is 18.1. The molecule has 13 heteroatoms. The lowest BCUT2D eigenvalue weighted by atomic mass is 10.2. The molecule has 0 spiro atoms. The third-order valence-electron chi connectivity index (χ3n) is 5.34. The van der Waals surface area contributed by atoms with Crippen LogP contribution in [0.25, 0.3) is 16.2 Å². The second-order valence-corrected chi connectivity index (χ2v) is 9.09. The van der Waals surface area contributed by atoms with Crippen LogP contribution < -0.4 is 10.1 Å². The van der Waals surface area contributed by atoms with Crippen LogP contribution in [0.1, 0.15) is 21.7 Å². The fourth-order valence-corrected chi connectivity index (χ4v) is 4.28. The molecule has 3 heterocycles. The van der Waals surface area contributed by atoms with Crippen molar-refractivity contribution in [3.05, 3.63) is 99.2 Å². The van der Waals surface area contributed by atoms with Crippen molar-refractivity contribution in [2.45, 2.75) is 13.1 Å². The number of nitro benzene ring substituents is 1. The number of carbonyl (C=O) groups is 1. The van der Waals surface area contributed by atoms with Gasteiger partial charge in [-0.15, -0.1) is 11.3 Å². The third kappa shape index (κ3) is 5.18. The number of nitro groups is 1. The Morgan fingerprint density at radius 1 is 1.08 bits per heavy atom. The number of non-ortho nitro benzene ring substituents is 1. The molecule has 192 valence electrons. The number of aromatic nitrogens is 3. The molecule has 0 atom stereocenters. The summed E-state index contributed by atoms with van der Waals surface area (Å²) in [6, 6.07) is 15.9. The SMILES string of the molecule is Cc1ccc(Oc2cc(NC(=O)c3cc4nc(-c5cccs5)cc(C(F)(F)F)n4n3)cc([N+](=O)[O-])c2)cc1. The van der Waals surface area contributed by atoms with E-state index in [1.54, 1.807) is 41.8 Å². The van der Waals surface area contributed by atoms with Crippen molar-refractivity contribution in [1.82, 2.24) is 14.6 Å². The molecule has 1 N–H and O–H groups in total. The van der Waals surface area contributed by atoms with Crippen LogP contribution in [-0.4, -0.2) is 25.4 Å². The molecule has 5 rings (SSSR count). The van der Waals surface area contributed by atoms with Gasteiger partial charge in [-0.3, -0.25) is 14.9 Å². The molecule has 3 aromatic heterocycles. The van der Waals surface area contributed by atoms with Gasteiger partial charge in [-0.25, -0.2) is 9.50 Å². The van der Waals surface area contributed by atoms with Gasteiger partial charge in [0.2, 0.25) is 0 Å². The Bertz CT molecular complexity index is 1670. The van der Waals surface area contributed by atoms with Gasteiger partial charge in [0, 0.05) is 18.2 Å². The minimum Gasteiger partial charge on any atom is -0.457 e. The van der Waals surface area contributed by atoms with E-state index in [0.29, 0.717) is 15.1 Å². The Balaban J connectivity index is 1.48. The molecule has 5 aromatic rings. The van der Waals surface area contributed by atoms with Gasteiger partial charge in [0.1, 0.15) is 11.5 Å². The average molecular weight is 539 g/mol. The lowest BCUT2D eigenvalue weighted by molar-refractivity contribution is -0.384. The Morgan fingerprint density at radius 2 is 1.84 bits per heavy atom. The fourth-order valence-electron chi connectivity index (χ4n) is 3.60. The zero-order valence-electron chi connectivity index (χ0n) is 19.4. The van der Waals surface area contributed by atoms with E-state index in [9.17, 15) is 28.1 Å². The number of nitrogens with zero attached hydrogens (tertiary/aromatic N) is 4. The van der Waals surface area contributed by atoms with E-state index in [4.69, 9.17) is 4.74 Å². The first-order valence-corrected chi connectivity index (χ1v) is 11.8. The molecule has 0 aliphatic carbocycles. The number of fused-ring (bicyclic) bond motifs is 1. The zero-order chi connectivity index (χ0) is 27.0. The zero-order valence-corrected chi connectivity index (χ0v) is 20.2. The monoisotopic (exact) mass is 539 g/mol. The molecule has 0 saturated heterocycles. The highest BCUT2D eigenvalue weighted by atomic mass is 32.1. The lowest BCUT2D eigenvalue weighted by Crippen LogP contribution is -2.15. The van der Waals surface area contributed by atoms with Crippen LogP contribution in [0.5, 0.6) is 11.5 Å². The average Bonchev–Trinajstić information content (AvgIpc) is 3.54. The predicted molar refractivity (Wildman–Crippen MR) is 134 cm³/mol. The Labute approximate surface area is 216 Å². The van der Waals surface area contributed by atoms with E-state index in [0.717, 1.165) is 23.8 Å². The fraction of sp³-hybridized carbons (Fsp3) is 0.0800. The van der Waals surface area contributed by atoms with Crippen molar-refractivity contribution in [2.75, 3.05) is 5.32 Å². The number of nitrogens with one attached hydrogen (secondary N) is 1. The molecular weight excluding hydrogens is 523 g/mol. The van der Waals surface area contributed by atoms with Crippen molar-refractivity contribution in [3.8, 4) is 22.1 Å². The largest absolute Gasteiger partial charge is 0.457 e. The number of alkyl halides is 3. The second-order valence-electron chi connectivity index (χ2n) is 8.14. The van der Waals surface area contributed by atoms with Crippen LogP contribution in [0.3, 0.4) is 0 Å². The van der Waals surface area contributed by atoms with E-state index in [2.05, 4.69) is 15.4 Å². The van der Waals surface area contributed by atoms with Gasteiger partial charge in [0.05, 0.1) is 27.2 Å². The number of carbonyl (C=O) groups excluding carboxylic acids is 1. The van der Waals surface area contributed by atoms with Crippen LogP contribution in [-0.2, 0) is 6.18 Å². The maximum Gasteiger partial charge on any atom is 0.433 e. The second kappa shape index (κ2) is 9.59. The first-order valence-electron chi connectivity index (χ1n) is 10.9. The summed E-state index contributed by atoms with van der Waals surface area (Å²) in [4.78, 5) is 28.5. The van der Waals surface area contributed by atoms with Crippen LogP contribution in [0.4, 0.5) is 24.5 Å². The van der Waals surface area contributed by atoms with E-state index in [1.807, 2.05) is 6.92 Å². The normalized spacial score (nSPS) is 11.5. The molecule has 0 aliphatic heterocycles.